The van der Waals surface area contributed by atoms with Crippen LogP contribution in [0, 0.1) is 5.92 Å². The molecule has 4 atom stereocenters. The summed E-state index contributed by atoms with van der Waals surface area (Å²) in [6.45, 7) is 0. The molecular formula is C20H20N2O7S. The van der Waals surface area contributed by atoms with Gasteiger partial charge in [-0.05, 0) is 32.6 Å². The van der Waals surface area contributed by atoms with Crippen LogP contribution < -0.4 is 5.73 Å². The molecule has 0 unspecified atom stereocenters. The minimum Gasteiger partial charge on any atom is -0.508 e. The summed E-state index contributed by atoms with van der Waals surface area (Å²) in [7, 11) is 3.11. The Morgan fingerprint density at radius 1 is 1.23 bits per heavy atom. The normalized spacial score (nSPS) is 30.9. The number of carbonyl (C=O) groups excluding carboxylic acids is 3. The highest BCUT2D eigenvalue weighted by molar-refractivity contribution is 8.00. The van der Waals surface area contributed by atoms with Crippen molar-refractivity contribution < 1.29 is 34.8 Å². The number of thioether (sulfide) groups is 1. The number of ketones is 2. The molecule has 0 radical (unpaired) electrons. The van der Waals surface area contributed by atoms with Gasteiger partial charge in [0.25, 0.3) is 5.91 Å². The number of nitrogens with zero attached hydrogens (tertiary/aromatic N) is 1. The first kappa shape index (κ1) is 20.5. The van der Waals surface area contributed by atoms with Crippen LogP contribution in [-0.2, 0) is 14.4 Å². The number of aliphatic hydroxyl groups is 3. The second-order valence-electron chi connectivity index (χ2n) is 7.82. The maximum Gasteiger partial charge on any atom is 0.255 e. The summed E-state index contributed by atoms with van der Waals surface area (Å²) in [6, 6.07) is 3.54. The zero-order valence-electron chi connectivity index (χ0n) is 16.1. The van der Waals surface area contributed by atoms with Crippen molar-refractivity contribution in [3.63, 3.8) is 0 Å². The van der Waals surface area contributed by atoms with Crippen LogP contribution in [0.1, 0.15) is 12.0 Å². The standard InChI is InChI=1S/C20H20N2O7S/c1-22(2)14-7-6-10-12(15(24)11-8(23)4-3-5-9(11)30-10)17(26)20(7,29)18(27)13(16(14)25)19(21)28/h3-5,7,10,14,23-24,27,29H,6H2,1-2H3,(H2,21,28)/t7-,10-,14-,20-/m1/s1. The highest BCUT2D eigenvalue weighted by Gasteiger charge is 2.64. The molecule has 30 heavy (non-hydrogen) atoms. The lowest BCUT2D eigenvalue weighted by Gasteiger charge is -2.49. The second kappa shape index (κ2) is 6.59. The first-order chi connectivity index (χ1) is 14.0. The number of Topliss-reactive ketones (excluding diaryl/α,β-unsaturated/α-hetero) is 2. The average molecular weight is 432 g/mol. The molecule has 0 bridgehead atoms. The number of rotatable bonds is 2. The average Bonchev–Trinajstić information content (AvgIpc) is 2.64. The number of aliphatic hydroxyl groups excluding tert-OH is 2. The predicted octanol–water partition coefficient (Wildman–Crippen LogP) is 0.266. The van der Waals surface area contributed by atoms with E-state index in [4.69, 9.17) is 5.73 Å². The number of primary amides is 1. The van der Waals surface area contributed by atoms with Crippen molar-refractivity contribution in [2.75, 3.05) is 14.1 Å². The summed E-state index contributed by atoms with van der Waals surface area (Å²) in [5.74, 6) is -5.99. The lowest BCUT2D eigenvalue weighted by Crippen LogP contribution is -2.66. The third-order valence-electron chi connectivity index (χ3n) is 5.98. The number of carbonyl (C=O) groups is 3. The van der Waals surface area contributed by atoms with Crippen LogP contribution >= 0.6 is 11.8 Å². The van der Waals surface area contributed by atoms with Crippen LogP contribution in [0.25, 0.3) is 5.76 Å². The fraction of sp³-hybridized carbons (Fsp3) is 0.350. The molecule has 1 aromatic rings. The Hall–Kier alpha value is -2.82. The van der Waals surface area contributed by atoms with Gasteiger partial charge in [-0.25, -0.2) is 0 Å². The summed E-state index contributed by atoms with van der Waals surface area (Å²) >= 11 is 1.21. The van der Waals surface area contributed by atoms with Gasteiger partial charge in [0.05, 0.1) is 17.2 Å². The van der Waals surface area contributed by atoms with E-state index in [0.717, 1.165) is 0 Å². The van der Waals surface area contributed by atoms with E-state index in [9.17, 15) is 34.8 Å². The van der Waals surface area contributed by atoms with Gasteiger partial charge < -0.3 is 26.2 Å². The van der Waals surface area contributed by atoms with Crippen LogP contribution in [0.2, 0.25) is 0 Å². The molecule has 10 heteroatoms. The SMILES string of the molecule is CN(C)[C@H]1C(=O)C(C(N)=O)=C(O)[C@]2(O)C(=O)C3=C(O)c4c(O)cccc4S[C@@H]3C[C@H]12. The number of aromatic hydroxyl groups is 1. The topological polar surface area (TPSA) is 161 Å². The van der Waals surface area contributed by atoms with E-state index in [2.05, 4.69) is 0 Å². The third kappa shape index (κ3) is 2.47. The zero-order chi connectivity index (χ0) is 22.1. The summed E-state index contributed by atoms with van der Waals surface area (Å²) in [4.78, 5) is 40.2. The van der Waals surface area contributed by atoms with Gasteiger partial charge in [-0.2, -0.15) is 0 Å². The molecule has 1 aliphatic heterocycles. The van der Waals surface area contributed by atoms with Gasteiger partial charge in [0, 0.05) is 16.1 Å². The van der Waals surface area contributed by atoms with E-state index >= 15 is 0 Å². The Kier molecular flexibility index (Phi) is 4.49. The number of hydrogen-bond acceptors (Lipinski definition) is 9. The first-order valence-electron chi connectivity index (χ1n) is 9.15. The van der Waals surface area contributed by atoms with E-state index in [1.165, 1.54) is 22.7 Å². The number of hydrogen-bond donors (Lipinski definition) is 5. The molecule has 9 nitrogen and oxygen atoms in total. The van der Waals surface area contributed by atoms with Crippen LogP contribution in [0.3, 0.4) is 0 Å². The molecule has 1 saturated carbocycles. The Morgan fingerprint density at radius 3 is 2.50 bits per heavy atom. The molecule has 158 valence electrons. The fourth-order valence-electron chi connectivity index (χ4n) is 4.66. The number of likely N-dealkylation sites (N-methyl/N-ethyl adjacent to an activating group) is 1. The van der Waals surface area contributed by atoms with Crippen LogP contribution in [0.5, 0.6) is 5.75 Å². The van der Waals surface area contributed by atoms with E-state index in [0.29, 0.717) is 4.90 Å². The predicted molar refractivity (Wildman–Crippen MR) is 107 cm³/mol. The van der Waals surface area contributed by atoms with Crippen molar-refractivity contribution in [2.24, 2.45) is 11.7 Å². The quantitative estimate of drug-likeness (QED) is 0.413. The monoisotopic (exact) mass is 432 g/mol. The fourth-order valence-corrected chi connectivity index (χ4v) is 6.08. The number of amides is 1. The molecule has 0 aromatic heterocycles. The van der Waals surface area contributed by atoms with Gasteiger partial charge in [-0.1, -0.05) is 6.07 Å². The number of fused-ring (bicyclic) bond motifs is 3. The molecule has 6 N–H and O–H groups in total. The minimum atomic E-state index is -2.62. The highest BCUT2D eigenvalue weighted by atomic mass is 32.2. The number of phenolic OH excluding ortho intramolecular Hbond substituents is 1. The van der Waals surface area contributed by atoms with Crippen molar-refractivity contribution in [3.05, 3.63) is 40.7 Å². The largest absolute Gasteiger partial charge is 0.508 e. The van der Waals surface area contributed by atoms with Gasteiger partial charge in [-0.15, -0.1) is 11.8 Å². The van der Waals surface area contributed by atoms with Crippen molar-refractivity contribution in [2.45, 2.75) is 28.2 Å². The molecule has 0 saturated heterocycles. The number of phenols is 1. The first-order valence-corrected chi connectivity index (χ1v) is 10.0. The van der Waals surface area contributed by atoms with Crippen molar-refractivity contribution in [1.29, 1.82) is 0 Å². The summed E-state index contributed by atoms with van der Waals surface area (Å²) in [5, 5.41) is 42.4. The summed E-state index contributed by atoms with van der Waals surface area (Å²) < 4.78 is 0. The van der Waals surface area contributed by atoms with Crippen molar-refractivity contribution >= 4 is 35.0 Å². The lowest BCUT2D eigenvalue weighted by molar-refractivity contribution is -0.151. The zero-order valence-corrected chi connectivity index (χ0v) is 16.9. The van der Waals surface area contributed by atoms with E-state index in [-0.39, 0.29) is 23.3 Å². The van der Waals surface area contributed by atoms with Gasteiger partial charge in [0.15, 0.2) is 11.4 Å². The van der Waals surface area contributed by atoms with Crippen LogP contribution in [0.4, 0.5) is 0 Å². The van der Waals surface area contributed by atoms with Gasteiger partial charge in [0.2, 0.25) is 5.78 Å². The number of nitrogens with two attached hydrogens (primary N) is 1. The van der Waals surface area contributed by atoms with Gasteiger partial charge >= 0.3 is 0 Å². The molecule has 3 aliphatic rings. The number of benzene rings is 1. The van der Waals surface area contributed by atoms with Gasteiger partial charge in [-0.3, -0.25) is 19.3 Å². The van der Waals surface area contributed by atoms with Crippen molar-refractivity contribution in [3.8, 4) is 5.75 Å². The highest BCUT2D eigenvalue weighted by Crippen LogP contribution is 2.54. The Balaban J connectivity index is 1.98. The molecular weight excluding hydrogens is 412 g/mol. The molecule has 0 spiro atoms. The molecule has 1 heterocycles. The molecule has 4 rings (SSSR count). The van der Waals surface area contributed by atoms with Crippen LogP contribution in [0.15, 0.2) is 40.0 Å². The Morgan fingerprint density at radius 2 is 1.90 bits per heavy atom. The van der Waals surface area contributed by atoms with E-state index in [1.54, 1.807) is 26.2 Å². The Bertz CT molecular complexity index is 1080. The van der Waals surface area contributed by atoms with Crippen LogP contribution in [-0.4, -0.2) is 73.8 Å². The van der Waals surface area contributed by atoms with E-state index in [1.807, 2.05) is 0 Å². The molecule has 2 aliphatic carbocycles. The van der Waals surface area contributed by atoms with E-state index < -0.39 is 57.4 Å². The molecule has 1 aromatic carbocycles. The minimum absolute atomic E-state index is 0.0477. The summed E-state index contributed by atoms with van der Waals surface area (Å²) in [5.41, 5.74) is 1.69. The second-order valence-corrected chi connectivity index (χ2v) is 9.06. The maximum atomic E-state index is 13.5. The molecule has 1 fully saturated rings. The summed E-state index contributed by atoms with van der Waals surface area (Å²) in [6.07, 6.45) is 0.0477. The maximum absolute atomic E-state index is 13.5. The van der Waals surface area contributed by atoms with Gasteiger partial charge in [0.1, 0.15) is 22.8 Å². The Labute approximate surface area is 175 Å². The third-order valence-corrected chi connectivity index (χ3v) is 7.29. The smallest absolute Gasteiger partial charge is 0.255 e. The lowest BCUT2D eigenvalue weighted by atomic mass is 9.62. The van der Waals surface area contributed by atoms with Crippen molar-refractivity contribution in [1.82, 2.24) is 4.90 Å². The molecule has 1 amide bonds.